The molecule has 0 spiro atoms. The van der Waals surface area contributed by atoms with Gasteiger partial charge in [0.25, 0.3) is 0 Å². The highest BCUT2D eigenvalue weighted by molar-refractivity contribution is 6.31. The first-order valence-electron chi connectivity index (χ1n) is 6.35. The lowest BCUT2D eigenvalue weighted by Crippen LogP contribution is -2.03. The second-order valence-electron chi connectivity index (χ2n) is 4.42. The molecule has 0 unspecified atom stereocenters. The van der Waals surface area contributed by atoms with Crippen molar-refractivity contribution in [3.63, 3.8) is 0 Å². The van der Waals surface area contributed by atoms with Crippen molar-refractivity contribution >= 4 is 17.3 Å². The Balaban J connectivity index is 2.06. The van der Waals surface area contributed by atoms with Crippen molar-refractivity contribution in [2.45, 2.75) is 13.5 Å². The van der Waals surface area contributed by atoms with E-state index in [9.17, 15) is 0 Å². The molecular weight excluding hydrogens is 270 g/mol. The Morgan fingerprint density at radius 2 is 2.05 bits per heavy atom. The maximum Gasteiger partial charge on any atom is 0.148 e. The number of halogens is 1. The largest absolute Gasteiger partial charge is 0.481 e. The first-order valence-corrected chi connectivity index (χ1v) is 6.72. The fraction of sp³-hybridized carbons (Fsp3) is 0.176. The highest BCUT2D eigenvalue weighted by Crippen LogP contribution is 2.22. The average molecular weight is 286 g/mol. The fourth-order valence-corrected chi connectivity index (χ4v) is 1.99. The molecule has 1 N–H and O–H groups in total. The zero-order valence-corrected chi connectivity index (χ0v) is 12.1. The molecule has 0 saturated heterocycles. The Labute approximate surface area is 124 Å². The van der Waals surface area contributed by atoms with E-state index in [0.717, 1.165) is 27.6 Å². The zero-order chi connectivity index (χ0) is 14.4. The number of hydrogen-bond acceptors (Lipinski definition) is 2. The molecule has 2 aromatic carbocycles. The van der Waals surface area contributed by atoms with Crippen LogP contribution in [-0.2, 0) is 6.54 Å². The van der Waals surface area contributed by atoms with Crippen LogP contribution in [0.1, 0.15) is 11.1 Å². The number of nitrogens with one attached hydrogen (secondary N) is 1. The van der Waals surface area contributed by atoms with Crippen LogP contribution in [0.15, 0.2) is 42.5 Å². The molecule has 3 heteroatoms. The maximum atomic E-state index is 6.11. The number of ether oxygens (including phenoxy) is 1. The summed E-state index contributed by atoms with van der Waals surface area (Å²) in [6, 6.07) is 13.7. The summed E-state index contributed by atoms with van der Waals surface area (Å²) in [5.41, 5.74) is 3.10. The van der Waals surface area contributed by atoms with Crippen molar-refractivity contribution in [2.24, 2.45) is 0 Å². The van der Waals surface area contributed by atoms with Gasteiger partial charge in [-0.25, -0.2) is 0 Å². The standard InChI is InChI=1S/C17H16ClNO/c1-3-10-20-17-7-5-4-6-14(17)12-19-15-9-8-13(2)16(18)11-15/h1,4-9,11,19H,10,12H2,2H3. The SMILES string of the molecule is C#CCOc1ccccc1CNc1ccc(C)c(Cl)c1. The van der Waals surface area contributed by atoms with Gasteiger partial charge in [0.05, 0.1) is 0 Å². The molecule has 2 aromatic rings. The normalized spacial score (nSPS) is 9.85. The van der Waals surface area contributed by atoms with Gasteiger partial charge >= 0.3 is 0 Å². The van der Waals surface area contributed by atoms with Gasteiger partial charge in [-0.3, -0.25) is 0 Å². The van der Waals surface area contributed by atoms with Crippen LogP contribution in [0.5, 0.6) is 5.75 Å². The number of benzene rings is 2. The quantitative estimate of drug-likeness (QED) is 0.828. The average Bonchev–Trinajstić information content (AvgIpc) is 2.47. The van der Waals surface area contributed by atoms with Crippen LogP contribution in [0.25, 0.3) is 0 Å². The van der Waals surface area contributed by atoms with E-state index < -0.39 is 0 Å². The summed E-state index contributed by atoms with van der Waals surface area (Å²) in [5.74, 6) is 3.27. The Hall–Kier alpha value is -2.11. The van der Waals surface area contributed by atoms with E-state index in [1.54, 1.807) is 0 Å². The van der Waals surface area contributed by atoms with Crippen LogP contribution < -0.4 is 10.1 Å². The highest BCUT2D eigenvalue weighted by Gasteiger charge is 2.03. The highest BCUT2D eigenvalue weighted by atomic mass is 35.5. The molecule has 0 aliphatic rings. The number of hydrogen-bond donors (Lipinski definition) is 1. The minimum atomic E-state index is 0.271. The Morgan fingerprint density at radius 1 is 1.25 bits per heavy atom. The van der Waals surface area contributed by atoms with Crippen LogP contribution in [0.2, 0.25) is 5.02 Å². The molecule has 0 amide bonds. The second-order valence-corrected chi connectivity index (χ2v) is 4.83. The maximum absolute atomic E-state index is 6.11. The van der Waals surface area contributed by atoms with Crippen molar-refractivity contribution < 1.29 is 4.74 Å². The minimum absolute atomic E-state index is 0.271. The molecular formula is C17H16ClNO. The molecule has 0 fully saturated rings. The van der Waals surface area contributed by atoms with Crippen molar-refractivity contribution in [3.8, 4) is 18.1 Å². The predicted octanol–water partition coefficient (Wildman–Crippen LogP) is 4.27. The van der Waals surface area contributed by atoms with E-state index in [1.807, 2.05) is 49.4 Å². The van der Waals surface area contributed by atoms with Crippen molar-refractivity contribution in [3.05, 3.63) is 58.6 Å². The van der Waals surface area contributed by atoms with Crippen molar-refractivity contribution in [1.29, 1.82) is 0 Å². The zero-order valence-electron chi connectivity index (χ0n) is 11.3. The van der Waals surface area contributed by atoms with Gasteiger partial charge in [-0.1, -0.05) is 41.8 Å². The number of anilines is 1. The van der Waals surface area contributed by atoms with Gasteiger partial charge in [-0.2, -0.15) is 0 Å². The Kier molecular flexibility index (Phi) is 4.92. The summed E-state index contributed by atoms with van der Waals surface area (Å²) >= 11 is 6.11. The summed E-state index contributed by atoms with van der Waals surface area (Å²) < 4.78 is 5.52. The monoisotopic (exact) mass is 285 g/mol. The lowest BCUT2D eigenvalue weighted by atomic mass is 10.2. The molecule has 20 heavy (non-hydrogen) atoms. The van der Waals surface area contributed by atoms with Crippen LogP contribution in [0, 0.1) is 19.3 Å². The third-order valence-electron chi connectivity index (χ3n) is 2.94. The molecule has 0 bridgehead atoms. The Morgan fingerprint density at radius 3 is 2.80 bits per heavy atom. The number of terminal acetylenes is 1. The van der Waals surface area contributed by atoms with Crippen LogP contribution in [-0.4, -0.2) is 6.61 Å². The smallest absolute Gasteiger partial charge is 0.148 e. The molecule has 0 heterocycles. The third kappa shape index (κ3) is 3.69. The van der Waals surface area contributed by atoms with Gasteiger partial charge in [0, 0.05) is 22.8 Å². The summed E-state index contributed by atoms with van der Waals surface area (Å²) in [6.07, 6.45) is 5.22. The number of aryl methyl sites for hydroxylation is 1. The van der Waals surface area contributed by atoms with Crippen molar-refractivity contribution in [2.75, 3.05) is 11.9 Å². The topological polar surface area (TPSA) is 21.3 Å². The molecule has 0 aromatic heterocycles. The molecule has 0 radical (unpaired) electrons. The summed E-state index contributed by atoms with van der Waals surface area (Å²) in [4.78, 5) is 0. The van der Waals surface area contributed by atoms with Gasteiger partial charge < -0.3 is 10.1 Å². The summed E-state index contributed by atoms with van der Waals surface area (Å²) in [7, 11) is 0. The van der Waals surface area contributed by atoms with E-state index in [4.69, 9.17) is 22.8 Å². The van der Waals surface area contributed by atoms with Crippen LogP contribution in [0.4, 0.5) is 5.69 Å². The van der Waals surface area contributed by atoms with Gasteiger partial charge in [0.1, 0.15) is 12.4 Å². The fourth-order valence-electron chi connectivity index (χ4n) is 1.81. The molecule has 2 rings (SSSR count). The van der Waals surface area contributed by atoms with E-state index in [1.165, 1.54) is 0 Å². The number of rotatable bonds is 5. The third-order valence-corrected chi connectivity index (χ3v) is 3.35. The van der Waals surface area contributed by atoms with Gasteiger partial charge in [-0.15, -0.1) is 6.42 Å². The van der Waals surface area contributed by atoms with Gasteiger partial charge in [-0.05, 0) is 30.7 Å². The van der Waals surface area contributed by atoms with Gasteiger partial charge in [0.2, 0.25) is 0 Å². The van der Waals surface area contributed by atoms with E-state index in [-0.39, 0.29) is 6.61 Å². The first kappa shape index (κ1) is 14.3. The van der Waals surface area contributed by atoms with Crippen molar-refractivity contribution in [1.82, 2.24) is 0 Å². The first-order chi connectivity index (χ1) is 9.70. The predicted molar refractivity (Wildman–Crippen MR) is 84.3 cm³/mol. The molecule has 0 atom stereocenters. The number of para-hydroxylation sites is 1. The lowest BCUT2D eigenvalue weighted by Gasteiger charge is -2.12. The lowest BCUT2D eigenvalue weighted by molar-refractivity contribution is 0.366. The molecule has 102 valence electrons. The van der Waals surface area contributed by atoms with E-state index in [0.29, 0.717) is 6.54 Å². The minimum Gasteiger partial charge on any atom is -0.481 e. The van der Waals surface area contributed by atoms with Gasteiger partial charge in [0.15, 0.2) is 0 Å². The summed E-state index contributed by atoms with van der Waals surface area (Å²) in [6.45, 7) is 2.91. The molecule has 0 aliphatic carbocycles. The molecule has 0 saturated carbocycles. The Bertz CT molecular complexity index is 631. The summed E-state index contributed by atoms with van der Waals surface area (Å²) in [5, 5.41) is 4.09. The molecule has 2 nitrogen and oxygen atoms in total. The van der Waals surface area contributed by atoms with Crippen LogP contribution in [0.3, 0.4) is 0 Å². The van der Waals surface area contributed by atoms with Crippen LogP contribution >= 0.6 is 11.6 Å². The molecule has 0 aliphatic heterocycles. The van der Waals surface area contributed by atoms with E-state index in [2.05, 4.69) is 11.2 Å². The second kappa shape index (κ2) is 6.88. The van der Waals surface area contributed by atoms with E-state index >= 15 is 0 Å².